The van der Waals surface area contributed by atoms with Gasteiger partial charge in [0.2, 0.25) is 0 Å². The molecule has 0 radical (unpaired) electrons. The highest BCUT2D eigenvalue weighted by molar-refractivity contribution is 5.65. The van der Waals surface area contributed by atoms with Crippen molar-refractivity contribution in [3.05, 3.63) is 41.7 Å². The molecule has 0 fully saturated rings. The molecule has 0 spiro atoms. The Morgan fingerprint density at radius 3 is 2.50 bits per heavy atom. The fourth-order valence-electron chi connectivity index (χ4n) is 2.23. The van der Waals surface area contributed by atoms with E-state index in [1.54, 1.807) is 0 Å². The highest BCUT2D eigenvalue weighted by Crippen LogP contribution is 2.27. The van der Waals surface area contributed by atoms with Crippen molar-refractivity contribution < 1.29 is 0 Å². The Morgan fingerprint density at radius 1 is 1.15 bits per heavy atom. The van der Waals surface area contributed by atoms with Crippen LogP contribution in [-0.2, 0) is 6.42 Å². The number of anilines is 3. The molecule has 1 heterocycles. The van der Waals surface area contributed by atoms with Gasteiger partial charge in [-0.25, -0.2) is 9.97 Å². The molecule has 1 aromatic carbocycles. The van der Waals surface area contributed by atoms with Crippen LogP contribution in [0.25, 0.3) is 0 Å². The first-order chi connectivity index (χ1) is 9.69. The van der Waals surface area contributed by atoms with E-state index < -0.39 is 0 Å². The van der Waals surface area contributed by atoms with Crippen molar-refractivity contribution in [1.82, 2.24) is 9.97 Å². The molecule has 2 aromatic rings. The van der Waals surface area contributed by atoms with Crippen LogP contribution < -0.4 is 10.2 Å². The maximum Gasteiger partial charge on any atom is 0.138 e. The Balaban J connectivity index is 2.49. The average Bonchev–Trinajstić information content (AvgIpc) is 2.49. The largest absolute Gasteiger partial charge is 0.373 e. The van der Waals surface area contributed by atoms with Gasteiger partial charge in [-0.3, -0.25) is 0 Å². The number of benzene rings is 1. The van der Waals surface area contributed by atoms with Crippen LogP contribution in [0.15, 0.2) is 30.3 Å². The summed E-state index contributed by atoms with van der Waals surface area (Å²) in [5, 5.41) is 3.11. The monoisotopic (exact) mass is 270 g/mol. The predicted molar refractivity (Wildman–Crippen MR) is 84.8 cm³/mol. The lowest BCUT2D eigenvalue weighted by Crippen LogP contribution is -2.19. The van der Waals surface area contributed by atoms with E-state index in [0.717, 1.165) is 30.4 Å². The zero-order chi connectivity index (χ0) is 14.5. The van der Waals surface area contributed by atoms with Gasteiger partial charge in [0, 0.05) is 31.8 Å². The van der Waals surface area contributed by atoms with E-state index in [0.29, 0.717) is 0 Å². The van der Waals surface area contributed by atoms with Crippen LogP contribution in [0, 0.1) is 6.92 Å². The van der Waals surface area contributed by atoms with Crippen molar-refractivity contribution >= 4 is 17.3 Å². The summed E-state index contributed by atoms with van der Waals surface area (Å²) in [5.74, 6) is 2.66. The number of para-hydroxylation sites is 1. The number of aromatic nitrogens is 2. The maximum absolute atomic E-state index is 4.66. The Morgan fingerprint density at radius 2 is 1.90 bits per heavy atom. The fraction of sp³-hybridized carbons (Fsp3) is 0.375. The first-order valence-corrected chi connectivity index (χ1v) is 7.08. The molecule has 1 aromatic heterocycles. The van der Waals surface area contributed by atoms with Crippen LogP contribution in [0.4, 0.5) is 17.3 Å². The minimum Gasteiger partial charge on any atom is -0.373 e. The van der Waals surface area contributed by atoms with E-state index in [2.05, 4.69) is 65.2 Å². The molecule has 20 heavy (non-hydrogen) atoms. The lowest BCUT2D eigenvalue weighted by molar-refractivity contribution is 0.903. The molecule has 1 N–H and O–H groups in total. The van der Waals surface area contributed by atoms with Gasteiger partial charge in [0.25, 0.3) is 0 Å². The summed E-state index contributed by atoms with van der Waals surface area (Å²) in [6, 6.07) is 10.4. The van der Waals surface area contributed by atoms with Gasteiger partial charge < -0.3 is 10.2 Å². The van der Waals surface area contributed by atoms with Gasteiger partial charge in [-0.2, -0.15) is 0 Å². The molecule has 0 amide bonds. The average molecular weight is 270 g/mol. The van der Waals surface area contributed by atoms with Crippen LogP contribution in [0.2, 0.25) is 0 Å². The minimum atomic E-state index is 0.827. The standard InChI is InChI=1S/C16H22N4/c1-5-14-18-15(17-4)11-16(19-14)20(6-2)13-10-8-7-9-12(13)3/h7-11H,5-6H2,1-4H3,(H,17,18,19). The maximum atomic E-state index is 4.66. The summed E-state index contributed by atoms with van der Waals surface area (Å²) in [6.07, 6.45) is 0.827. The van der Waals surface area contributed by atoms with Gasteiger partial charge in [-0.1, -0.05) is 25.1 Å². The van der Waals surface area contributed by atoms with E-state index in [1.165, 1.54) is 11.3 Å². The van der Waals surface area contributed by atoms with E-state index in [4.69, 9.17) is 0 Å². The Bertz CT molecular complexity index is 558. The molecule has 0 aliphatic carbocycles. The lowest BCUT2D eigenvalue weighted by atomic mass is 10.2. The highest BCUT2D eigenvalue weighted by Gasteiger charge is 2.13. The van der Waals surface area contributed by atoms with Crippen LogP contribution in [0.1, 0.15) is 25.2 Å². The van der Waals surface area contributed by atoms with E-state index in [1.807, 2.05) is 13.1 Å². The van der Waals surface area contributed by atoms with Gasteiger partial charge in [-0.05, 0) is 25.5 Å². The van der Waals surface area contributed by atoms with E-state index in [-0.39, 0.29) is 0 Å². The summed E-state index contributed by atoms with van der Waals surface area (Å²) in [5.41, 5.74) is 2.44. The Hall–Kier alpha value is -2.10. The van der Waals surface area contributed by atoms with Gasteiger partial charge in [-0.15, -0.1) is 0 Å². The third-order valence-electron chi connectivity index (χ3n) is 3.33. The normalized spacial score (nSPS) is 10.4. The number of aryl methyl sites for hydroxylation is 2. The second-order valence-electron chi connectivity index (χ2n) is 4.66. The van der Waals surface area contributed by atoms with E-state index in [9.17, 15) is 0 Å². The Kier molecular flexibility index (Phi) is 4.56. The predicted octanol–water partition coefficient (Wildman–Crippen LogP) is 3.55. The zero-order valence-electron chi connectivity index (χ0n) is 12.6. The molecule has 0 saturated heterocycles. The molecule has 0 aliphatic rings. The number of rotatable bonds is 5. The number of nitrogens with zero attached hydrogens (tertiary/aromatic N) is 3. The van der Waals surface area contributed by atoms with Crippen molar-refractivity contribution in [3.8, 4) is 0 Å². The third-order valence-corrected chi connectivity index (χ3v) is 3.33. The van der Waals surface area contributed by atoms with Gasteiger partial charge in [0.1, 0.15) is 17.5 Å². The van der Waals surface area contributed by atoms with Crippen molar-refractivity contribution in [2.75, 3.05) is 23.8 Å². The molecule has 0 bridgehead atoms. The van der Waals surface area contributed by atoms with Gasteiger partial charge in [0.15, 0.2) is 0 Å². The SMILES string of the molecule is CCc1nc(NC)cc(N(CC)c2ccccc2C)n1. The fourth-order valence-corrected chi connectivity index (χ4v) is 2.23. The van der Waals surface area contributed by atoms with Crippen molar-refractivity contribution in [2.24, 2.45) is 0 Å². The summed E-state index contributed by atoms with van der Waals surface area (Å²) in [6.45, 7) is 7.20. The molecule has 4 nitrogen and oxygen atoms in total. The molecule has 0 unspecified atom stereocenters. The van der Waals surface area contributed by atoms with Crippen LogP contribution >= 0.6 is 0 Å². The molecule has 0 atom stereocenters. The van der Waals surface area contributed by atoms with Crippen molar-refractivity contribution in [3.63, 3.8) is 0 Å². The molecule has 0 saturated carbocycles. The Labute approximate surface area is 120 Å². The summed E-state index contributed by atoms with van der Waals surface area (Å²) in [4.78, 5) is 11.3. The second kappa shape index (κ2) is 6.37. The third kappa shape index (κ3) is 2.90. The lowest BCUT2D eigenvalue weighted by Gasteiger charge is -2.24. The van der Waals surface area contributed by atoms with Crippen molar-refractivity contribution in [1.29, 1.82) is 0 Å². The number of hydrogen-bond donors (Lipinski definition) is 1. The molecule has 4 heteroatoms. The number of nitrogens with one attached hydrogen (secondary N) is 1. The summed E-state index contributed by atoms with van der Waals surface area (Å²) < 4.78 is 0. The molecule has 0 aliphatic heterocycles. The molecule has 106 valence electrons. The van der Waals surface area contributed by atoms with Gasteiger partial charge in [0.05, 0.1) is 0 Å². The van der Waals surface area contributed by atoms with Crippen LogP contribution in [0.3, 0.4) is 0 Å². The first-order valence-electron chi connectivity index (χ1n) is 7.08. The van der Waals surface area contributed by atoms with Crippen molar-refractivity contribution in [2.45, 2.75) is 27.2 Å². The topological polar surface area (TPSA) is 41.1 Å². The van der Waals surface area contributed by atoms with Crippen LogP contribution in [-0.4, -0.2) is 23.6 Å². The molecule has 2 rings (SSSR count). The summed E-state index contributed by atoms with van der Waals surface area (Å²) >= 11 is 0. The smallest absolute Gasteiger partial charge is 0.138 e. The van der Waals surface area contributed by atoms with Crippen LogP contribution in [0.5, 0.6) is 0 Å². The zero-order valence-corrected chi connectivity index (χ0v) is 12.6. The highest BCUT2D eigenvalue weighted by atomic mass is 15.2. The molecular formula is C16H22N4. The quantitative estimate of drug-likeness (QED) is 0.902. The summed E-state index contributed by atoms with van der Waals surface area (Å²) in [7, 11) is 1.88. The van der Waals surface area contributed by atoms with Gasteiger partial charge >= 0.3 is 0 Å². The second-order valence-corrected chi connectivity index (χ2v) is 4.66. The first kappa shape index (κ1) is 14.3. The minimum absolute atomic E-state index is 0.827. The van der Waals surface area contributed by atoms with E-state index >= 15 is 0 Å². The number of hydrogen-bond acceptors (Lipinski definition) is 4. The molecular weight excluding hydrogens is 248 g/mol.